The Labute approximate surface area is 110 Å². The number of ether oxygens (including phenoxy) is 1. The molecule has 2 heterocycles. The van der Waals surface area contributed by atoms with Gasteiger partial charge in [-0.25, -0.2) is 9.97 Å². The third-order valence-corrected chi connectivity index (χ3v) is 2.90. The lowest BCUT2D eigenvalue weighted by atomic mass is 9.79. The summed E-state index contributed by atoms with van der Waals surface area (Å²) in [5.41, 5.74) is 1.12. The SMILES string of the molecule is CO.[B]C1CCN(Cc2cnc(OC)nc2)CC1. The first-order chi connectivity index (χ1) is 8.78. The summed E-state index contributed by atoms with van der Waals surface area (Å²) < 4.78 is 4.92. The minimum Gasteiger partial charge on any atom is -0.467 e. The molecule has 0 aromatic carbocycles. The van der Waals surface area contributed by atoms with Gasteiger partial charge >= 0.3 is 6.01 Å². The van der Waals surface area contributed by atoms with Crippen LogP contribution in [-0.2, 0) is 6.54 Å². The van der Waals surface area contributed by atoms with Crippen LogP contribution in [0.2, 0.25) is 5.82 Å². The number of aromatic nitrogens is 2. The Morgan fingerprint density at radius 3 is 2.39 bits per heavy atom. The van der Waals surface area contributed by atoms with E-state index in [1.165, 1.54) is 0 Å². The molecule has 0 atom stereocenters. The summed E-state index contributed by atoms with van der Waals surface area (Å²) in [5, 5.41) is 7.00. The van der Waals surface area contributed by atoms with Crippen LogP contribution in [0.5, 0.6) is 6.01 Å². The molecule has 2 rings (SSSR count). The molecule has 1 N–H and O–H groups in total. The Kier molecular flexibility index (Phi) is 6.68. The summed E-state index contributed by atoms with van der Waals surface area (Å²) in [6.45, 7) is 3.02. The number of likely N-dealkylation sites (tertiary alicyclic amines) is 1. The first kappa shape index (κ1) is 14.9. The number of piperidine rings is 1. The highest BCUT2D eigenvalue weighted by atomic mass is 16.5. The standard InChI is InChI=1S/C11H16BN3O.CH4O/c1-16-11-13-6-9(7-14-11)8-15-4-2-10(12)3-5-15;1-2/h6-7,10H,2-5,8H2,1H3;2H,1H3. The predicted molar refractivity (Wildman–Crippen MR) is 70.7 cm³/mol. The molecule has 0 aliphatic carbocycles. The van der Waals surface area contributed by atoms with Gasteiger partial charge in [0.25, 0.3) is 0 Å². The van der Waals surface area contributed by atoms with Gasteiger partial charge in [-0.1, -0.05) is 5.82 Å². The molecule has 6 heteroatoms. The van der Waals surface area contributed by atoms with Crippen molar-refractivity contribution >= 4 is 7.85 Å². The third-order valence-electron chi connectivity index (χ3n) is 2.90. The molecule has 5 nitrogen and oxygen atoms in total. The lowest BCUT2D eigenvalue weighted by Gasteiger charge is -2.30. The van der Waals surface area contributed by atoms with Crippen LogP contribution >= 0.6 is 0 Å². The van der Waals surface area contributed by atoms with E-state index >= 15 is 0 Å². The smallest absolute Gasteiger partial charge is 0.316 e. The minimum absolute atomic E-state index is 0.378. The van der Waals surface area contributed by atoms with Crippen LogP contribution < -0.4 is 4.74 Å². The average Bonchev–Trinajstić information content (AvgIpc) is 2.44. The number of hydrogen-bond acceptors (Lipinski definition) is 5. The molecule has 0 saturated carbocycles. The van der Waals surface area contributed by atoms with Crippen molar-refractivity contribution in [3.8, 4) is 6.01 Å². The van der Waals surface area contributed by atoms with Crippen LogP contribution in [-0.4, -0.2) is 55.1 Å². The van der Waals surface area contributed by atoms with Gasteiger partial charge in [0.2, 0.25) is 0 Å². The van der Waals surface area contributed by atoms with Crippen LogP contribution in [0.4, 0.5) is 0 Å². The molecular formula is C12H20BN3O2. The maximum atomic E-state index is 7.00. The molecule has 0 unspecified atom stereocenters. The number of methoxy groups -OCH3 is 1. The van der Waals surface area contributed by atoms with Gasteiger partial charge in [0.15, 0.2) is 0 Å². The van der Waals surface area contributed by atoms with E-state index in [-0.39, 0.29) is 0 Å². The normalized spacial score (nSPS) is 16.8. The van der Waals surface area contributed by atoms with E-state index in [0.29, 0.717) is 11.8 Å². The van der Waals surface area contributed by atoms with Gasteiger partial charge in [-0.3, -0.25) is 4.90 Å². The molecule has 1 saturated heterocycles. The molecule has 0 spiro atoms. The number of rotatable bonds is 3. The second-order valence-corrected chi connectivity index (χ2v) is 4.19. The summed E-state index contributed by atoms with van der Waals surface area (Å²) in [6, 6.07) is 0.421. The molecule has 0 bridgehead atoms. The Balaban J connectivity index is 0.000000771. The average molecular weight is 249 g/mol. The summed E-state index contributed by atoms with van der Waals surface area (Å²) in [5.74, 6) is 0.378. The van der Waals surface area contributed by atoms with Gasteiger partial charge in [-0.05, 0) is 25.9 Å². The summed E-state index contributed by atoms with van der Waals surface area (Å²) >= 11 is 0. The van der Waals surface area contributed by atoms with Gasteiger partial charge in [-0.15, -0.1) is 0 Å². The highest BCUT2D eigenvalue weighted by molar-refractivity contribution is 6.11. The first-order valence-corrected chi connectivity index (χ1v) is 6.05. The van der Waals surface area contributed by atoms with E-state index in [2.05, 4.69) is 14.9 Å². The van der Waals surface area contributed by atoms with Crippen molar-refractivity contribution in [2.24, 2.45) is 0 Å². The molecule has 1 aromatic heterocycles. The van der Waals surface area contributed by atoms with Gasteiger partial charge in [0.1, 0.15) is 0 Å². The molecule has 1 fully saturated rings. The summed E-state index contributed by atoms with van der Waals surface area (Å²) in [7, 11) is 8.43. The number of hydrogen-bond donors (Lipinski definition) is 1. The number of aliphatic hydroxyl groups is 1. The summed E-state index contributed by atoms with van der Waals surface area (Å²) in [6.07, 6.45) is 5.80. The molecule has 1 aromatic rings. The van der Waals surface area contributed by atoms with Gasteiger partial charge < -0.3 is 9.84 Å². The van der Waals surface area contributed by atoms with Crippen molar-refractivity contribution in [3.63, 3.8) is 0 Å². The molecule has 1 aliphatic rings. The summed E-state index contributed by atoms with van der Waals surface area (Å²) in [4.78, 5) is 10.6. The van der Waals surface area contributed by atoms with Crippen LogP contribution in [0, 0.1) is 0 Å². The Hall–Kier alpha value is -1.14. The maximum Gasteiger partial charge on any atom is 0.316 e. The van der Waals surface area contributed by atoms with Crippen molar-refractivity contribution in [1.29, 1.82) is 0 Å². The van der Waals surface area contributed by atoms with E-state index in [1.54, 1.807) is 7.11 Å². The molecule has 1 aliphatic heterocycles. The second-order valence-electron chi connectivity index (χ2n) is 4.19. The quantitative estimate of drug-likeness (QED) is 0.797. The molecule has 18 heavy (non-hydrogen) atoms. The van der Waals surface area contributed by atoms with Gasteiger partial charge in [0.05, 0.1) is 15.0 Å². The number of aliphatic hydroxyl groups excluding tert-OH is 1. The third kappa shape index (κ3) is 4.62. The van der Waals surface area contributed by atoms with Crippen molar-refractivity contribution in [2.45, 2.75) is 25.2 Å². The van der Waals surface area contributed by atoms with Crippen molar-refractivity contribution in [3.05, 3.63) is 18.0 Å². The monoisotopic (exact) mass is 249 g/mol. The molecular weight excluding hydrogens is 229 g/mol. The van der Waals surface area contributed by atoms with E-state index in [9.17, 15) is 0 Å². The van der Waals surface area contributed by atoms with E-state index in [0.717, 1.165) is 45.1 Å². The van der Waals surface area contributed by atoms with Crippen molar-refractivity contribution < 1.29 is 9.84 Å². The lowest BCUT2D eigenvalue weighted by molar-refractivity contribution is 0.220. The Morgan fingerprint density at radius 2 is 1.89 bits per heavy atom. The van der Waals surface area contributed by atoms with Gasteiger partial charge in [-0.2, -0.15) is 0 Å². The second kappa shape index (κ2) is 8.05. The molecule has 98 valence electrons. The fraction of sp³-hybridized carbons (Fsp3) is 0.667. The first-order valence-electron chi connectivity index (χ1n) is 6.05. The lowest BCUT2D eigenvalue weighted by Crippen LogP contribution is -2.31. The zero-order chi connectivity index (χ0) is 13.4. The largest absolute Gasteiger partial charge is 0.467 e. The fourth-order valence-corrected chi connectivity index (χ4v) is 1.90. The van der Waals surface area contributed by atoms with Gasteiger partial charge in [0, 0.05) is 31.6 Å². The van der Waals surface area contributed by atoms with Crippen molar-refractivity contribution in [2.75, 3.05) is 27.3 Å². The Morgan fingerprint density at radius 1 is 1.33 bits per heavy atom. The highest BCUT2D eigenvalue weighted by Gasteiger charge is 2.15. The zero-order valence-electron chi connectivity index (χ0n) is 11.0. The van der Waals surface area contributed by atoms with Crippen LogP contribution in [0.15, 0.2) is 12.4 Å². The van der Waals surface area contributed by atoms with Crippen LogP contribution in [0.3, 0.4) is 0 Å². The topological polar surface area (TPSA) is 58.5 Å². The molecule has 2 radical (unpaired) electrons. The fourth-order valence-electron chi connectivity index (χ4n) is 1.90. The van der Waals surface area contributed by atoms with E-state index in [1.807, 2.05) is 12.4 Å². The van der Waals surface area contributed by atoms with E-state index in [4.69, 9.17) is 17.7 Å². The molecule has 0 amide bonds. The van der Waals surface area contributed by atoms with Crippen LogP contribution in [0.25, 0.3) is 0 Å². The number of nitrogens with zero attached hydrogens (tertiary/aromatic N) is 3. The van der Waals surface area contributed by atoms with E-state index < -0.39 is 0 Å². The minimum atomic E-state index is 0.378. The predicted octanol–water partition coefficient (Wildman–Crippen LogP) is 0.646. The Bertz CT molecular complexity index is 327. The van der Waals surface area contributed by atoms with Crippen molar-refractivity contribution in [1.82, 2.24) is 14.9 Å². The highest BCUT2D eigenvalue weighted by Crippen LogP contribution is 2.20. The maximum absolute atomic E-state index is 7.00. The zero-order valence-corrected chi connectivity index (χ0v) is 11.0. The van der Waals surface area contributed by atoms with Crippen LogP contribution in [0.1, 0.15) is 18.4 Å².